The van der Waals surface area contributed by atoms with Crippen molar-refractivity contribution in [1.29, 1.82) is 0 Å². The monoisotopic (exact) mass is 203 g/mol. The minimum absolute atomic E-state index is 0. The van der Waals surface area contributed by atoms with Gasteiger partial charge in [-0.05, 0) is 12.5 Å². The van der Waals surface area contributed by atoms with E-state index in [9.17, 15) is 0 Å². The molecular weight excluding hydrogens is 190 g/mol. The molecule has 2 heteroatoms. The highest BCUT2D eigenvalue weighted by atomic mass is 79.9. The molecule has 0 spiro atoms. The van der Waals surface area contributed by atoms with Crippen LogP contribution in [-0.4, -0.2) is 17.8 Å². The number of rotatable bonds is 2. The van der Waals surface area contributed by atoms with E-state index in [1.165, 1.54) is 12.8 Å². The van der Waals surface area contributed by atoms with E-state index in [0.29, 0.717) is 5.92 Å². The average molecular weight is 204 g/mol. The van der Waals surface area contributed by atoms with Crippen molar-refractivity contribution in [2.75, 3.05) is 7.05 Å². The summed E-state index contributed by atoms with van der Waals surface area (Å²) < 4.78 is 2.13. The summed E-state index contributed by atoms with van der Waals surface area (Å²) in [6.45, 7) is 2.22. The molecule has 0 N–H and O–H groups in total. The van der Waals surface area contributed by atoms with Gasteiger partial charge in [-0.15, -0.1) is 0 Å². The van der Waals surface area contributed by atoms with E-state index in [0.717, 1.165) is 0 Å². The zero-order valence-corrected chi connectivity index (χ0v) is 8.13. The standard InChI is InChI=1S/C8H14N.BrH/c1-3-4-8-5-6-9(2)7-8;/h5-8H,3-4H2,1-2H3;1H/q+1;/p-1. The molecule has 0 aliphatic carbocycles. The lowest BCUT2D eigenvalue weighted by atomic mass is 10.1. The Kier molecular flexibility index (Phi) is 4.62. The zero-order valence-electron chi connectivity index (χ0n) is 6.55. The number of hydrogen-bond donors (Lipinski definition) is 0. The second-order valence-electron chi connectivity index (χ2n) is 2.61. The second kappa shape index (κ2) is 4.67. The van der Waals surface area contributed by atoms with E-state index in [1.807, 2.05) is 0 Å². The Morgan fingerprint density at radius 3 is 2.60 bits per heavy atom. The smallest absolute Gasteiger partial charge is 0.165 e. The normalized spacial score (nSPS) is 22.2. The van der Waals surface area contributed by atoms with Gasteiger partial charge in [0.25, 0.3) is 0 Å². The van der Waals surface area contributed by atoms with Crippen molar-refractivity contribution in [2.45, 2.75) is 19.8 Å². The largest absolute Gasteiger partial charge is 1.00 e. The second-order valence-corrected chi connectivity index (χ2v) is 2.61. The molecule has 0 radical (unpaired) electrons. The molecule has 0 aromatic heterocycles. The van der Waals surface area contributed by atoms with E-state index >= 15 is 0 Å². The maximum Gasteiger partial charge on any atom is 0.165 e. The van der Waals surface area contributed by atoms with Crippen molar-refractivity contribution in [3.63, 3.8) is 0 Å². The van der Waals surface area contributed by atoms with Crippen LogP contribution in [0.15, 0.2) is 12.3 Å². The fourth-order valence-corrected chi connectivity index (χ4v) is 1.15. The molecule has 1 aliphatic heterocycles. The maximum absolute atomic E-state index is 2.25. The lowest BCUT2D eigenvalue weighted by molar-refractivity contribution is -0.414. The molecule has 10 heavy (non-hydrogen) atoms. The van der Waals surface area contributed by atoms with E-state index in [-0.39, 0.29) is 17.0 Å². The topological polar surface area (TPSA) is 3.01 Å². The van der Waals surface area contributed by atoms with Gasteiger partial charge in [0.05, 0.1) is 5.92 Å². The van der Waals surface area contributed by atoms with Gasteiger partial charge in [-0.2, -0.15) is 0 Å². The Bertz CT molecular complexity index is 149. The molecule has 1 atom stereocenters. The Morgan fingerprint density at radius 2 is 2.20 bits per heavy atom. The van der Waals surface area contributed by atoms with Gasteiger partial charge in [0.15, 0.2) is 12.4 Å². The third-order valence-corrected chi connectivity index (χ3v) is 1.62. The predicted molar refractivity (Wildman–Crippen MR) is 39.8 cm³/mol. The minimum Gasteiger partial charge on any atom is -1.00 e. The van der Waals surface area contributed by atoms with E-state index in [2.05, 4.69) is 37.0 Å². The Balaban J connectivity index is 0.000000810. The van der Waals surface area contributed by atoms with Crippen LogP contribution in [0.5, 0.6) is 0 Å². The summed E-state index contributed by atoms with van der Waals surface area (Å²) in [6, 6.07) is 0. The van der Waals surface area contributed by atoms with E-state index < -0.39 is 0 Å². The summed E-state index contributed by atoms with van der Waals surface area (Å²) in [4.78, 5) is 0. The highest BCUT2D eigenvalue weighted by Gasteiger charge is 2.10. The van der Waals surface area contributed by atoms with Crippen LogP contribution in [0.2, 0.25) is 0 Å². The first kappa shape index (κ1) is 9.89. The lowest BCUT2D eigenvalue weighted by Gasteiger charge is -1.93. The lowest BCUT2D eigenvalue weighted by Crippen LogP contribution is -3.00. The van der Waals surface area contributed by atoms with Crippen LogP contribution in [0.3, 0.4) is 0 Å². The van der Waals surface area contributed by atoms with Gasteiger partial charge in [-0.3, -0.25) is 0 Å². The predicted octanol–water partition coefficient (Wildman–Crippen LogP) is -1.35. The van der Waals surface area contributed by atoms with Crippen molar-refractivity contribution in [1.82, 2.24) is 0 Å². The van der Waals surface area contributed by atoms with Crippen molar-refractivity contribution in [3.05, 3.63) is 12.3 Å². The van der Waals surface area contributed by atoms with Crippen molar-refractivity contribution in [2.24, 2.45) is 5.92 Å². The third-order valence-electron chi connectivity index (χ3n) is 1.62. The Hall–Kier alpha value is -0.110. The summed E-state index contributed by atoms with van der Waals surface area (Å²) in [5, 5.41) is 0. The maximum atomic E-state index is 2.25. The molecule has 1 unspecified atom stereocenters. The van der Waals surface area contributed by atoms with Crippen LogP contribution in [0.25, 0.3) is 0 Å². The molecule has 1 nitrogen and oxygen atoms in total. The summed E-state index contributed by atoms with van der Waals surface area (Å²) >= 11 is 0. The molecule has 0 saturated carbocycles. The first-order valence-corrected chi connectivity index (χ1v) is 3.58. The average Bonchev–Trinajstić information content (AvgIpc) is 2.17. The quantitative estimate of drug-likeness (QED) is 0.489. The van der Waals surface area contributed by atoms with Crippen LogP contribution < -0.4 is 17.0 Å². The summed E-state index contributed by atoms with van der Waals surface area (Å²) in [5.74, 6) is 0.708. The van der Waals surface area contributed by atoms with Gasteiger partial charge in [0.2, 0.25) is 0 Å². The summed E-state index contributed by atoms with van der Waals surface area (Å²) in [6.07, 6.45) is 9.20. The van der Waals surface area contributed by atoms with Gasteiger partial charge in [-0.1, -0.05) is 13.3 Å². The molecule has 0 amide bonds. The van der Waals surface area contributed by atoms with Gasteiger partial charge in [0.1, 0.15) is 7.05 Å². The van der Waals surface area contributed by atoms with E-state index in [1.54, 1.807) is 0 Å². The number of nitrogens with zero attached hydrogens (tertiary/aromatic N) is 1. The van der Waals surface area contributed by atoms with Crippen LogP contribution in [-0.2, 0) is 0 Å². The van der Waals surface area contributed by atoms with Crippen molar-refractivity contribution >= 4 is 6.21 Å². The summed E-state index contributed by atoms with van der Waals surface area (Å²) in [5.41, 5.74) is 0. The third kappa shape index (κ3) is 2.65. The molecular formula is C8H14BrN. The molecule has 0 bridgehead atoms. The first-order chi connectivity index (χ1) is 4.33. The fraction of sp³-hybridized carbons (Fsp3) is 0.625. The minimum atomic E-state index is 0. The molecule has 0 aromatic rings. The van der Waals surface area contributed by atoms with Crippen molar-refractivity contribution in [3.8, 4) is 0 Å². The van der Waals surface area contributed by atoms with Crippen LogP contribution >= 0.6 is 0 Å². The number of hydrogen-bond acceptors (Lipinski definition) is 0. The number of allylic oxidation sites excluding steroid dienone is 1. The van der Waals surface area contributed by atoms with Crippen LogP contribution in [0.1, 0.15) is 19.8 Å². The van der Waals surface area contributed by atoms with Gasteiger partial charge >= 0.3 is 0 Å². The Morgan fingerprint density at radius 1 is 1.50 bits per heavy atom. The molecule has 1 heterocycles. The van der Waals surface area contributed by atoms with Gasteiger partial charge in [0, 0.05) is 0 Å². The van der Waals surface area contributed by atoms with Crippen molar-refractivity contribution < 1.29 is 21.6 Å². The highest BCUT2D eigenvalue weighted by Crippen LogP contribution is 2.08. The first-order valence-electron chi connectivity index (χ1n) is 3.58. The Labute approximate surface area is 73.2 Å². The zero-order chi connectivity index (χ0) is 6.69. The van der Waals surface area contributed by atoms with E-state index in [4.69, 9.17) is 0 Å². The molecule has 0 fully saturated rings. The molecule has 1 aliphatic rings. The molecule has 0 saturated heterocycles. The highest BCUT2D eigenvalue weighted by molar-refractivity contribution is 5.59. The van der Waals surface area contributed by atoms with Gasteiger partial charge in [-0.25, -0.2) is 4.58 Å². The fourth-order valence-electron chi connectivity index (χ4n) is 1.15. The molecule has 1 rings (SSSR count). The van der Waals surface area contributed by atoms with Crippen LogP contribution in [0.4, 0.5) is 0 Å². The molecule has 58 valence electrons. The SMILES string of the molecule is CCCC1C=C[N+](C)=C1.[Br-]. The number of halogens is 1. The van der Waals surface area contributed by atoms with Gasteiger partial charge < -0.3 is 17.0 Å². The molecule has 0 aromatic carbocycles. The summed E-state index contributed by atoms with van der Waals surface area (Å²) in [7, 11) is 2.08. The van der Waals surface area contributed by atoms with Crippen LogP contribution in [0, 0.1) is 5.92 Å².